The molecule has 0 radical (unpaired) electrons. The SMILES string of the molecule is Cc1csc(-c2cn3c4c(sc3n2)CN(C)CC4)c1. The van der Waals surface area contributed by atoms with Crippen molar-refractivity contribution in [3.63, 3.8) is 0 Å². The van der Waals surface area contributed by atoms with Gasteiger partial charge < -0.3 is 4.90 Å². The first-order chi connectivity index (χ1) is 9.20. The summed E-state index contributed by atoms with van der Waals surface area (Å²) in [6, 6.07) is 2.22. The predicted octanol–water partition coefficient (Wildman–Crippen LogP) is 3.42. The van der Waals surface area contributed by atoms with E-state index in [4.69, 9.17) is 4.98 Å². The fourth-order valence-electron chi connectivity index (χ4n) is 2.62. The molecular formula is C14H15N3S2. The first-order valence-corrected chi connectivity index (χ1v) is 8.14. The van der Waals surface area contributed by atoms with Crippen LogP contribution >= 0.6 is 22.7 Å². The highest BCUT2D eigenvalue weighted by molar-refractivity contribution is 7.17. The molecule has 5 heteroatoms. The second kappa shape index (κ2) is 4.16. The largest absolute Gasteiger partial charge is 0.301 e. The Morgan fingerprint density at radius 1 is 1.37 bits per heavy atom. The molecule has 0 aromatic carbocycles. The molecule has 0 fully saturated rings. The van der Waals surface area contributed by atoms with E-state index in [2.05, 4.69) is 40.9 Å². The molecule has 0 unspecified atom stereocenters. The summed E-state index contributed by atoms with van der Waals surface area (Å²) in [5, 5.41) is 2.19. The van der Waals surface area contributed by atoms with E-state index in [0.717, 1.165) is 30.2 Å². The molecule has 0 spiro atoms. The average Bonchev–Trinajstić information content (AvgIpc) is 3.01. The van der Waals surface area contributed by atoms with Gasteiger partial charge in [0.1, 0.15) is 5.69 Å². The van der Waals surface area contributed by atoms with Crippen molar-refractivity contribution >= 4 is 27.6 Å². The second-order valence-electron chi connectivity index (χ2n) is 5.23. The summed E-state index contributed by atoms with van der Waals surface area (Å²) in [6.45, 7) is 4.34. The van der Waals surface area contributed by atoms with E-state index in [9.17, 15) is 0 Å². The zero-order valence-electron chi connectivity index (χ0n) is 11.0. The van der Waals surface area contributed by atoms with Crippen LogP contribution in [-0.2, 0) is 13.0 Å². The number of aryl methyl sites for hydroxylation is 1. The van der Waals surface area contributed by atoms with Gasteiger partial charge in [-0.3, -0.25) is 4.40 Å². The van der Waals surface area contributed by atoms with Gasteiger partial charge in [0.05, 0.1) is 4.88 Å². The van der Waals surface area contributed by atoms with E-state index in [-0.39, 0.29) is 0 Å². The Morgan fingerprint density at radius 2 is 2.26 bits per heavy atom. The van der Waals surface area contributed by atoms with Gasteiger partial charge in [0, 0.05) is 36.3 Å². The number of likely N-dealkylation sites (N-methyl/N-ethyl adjacent to an activating group) is 1. The molecule has 4 rings (SSSR count). The lowest BCUT2D eigenvalue weighted by atomic mass is 10.2. The normalized spacial score (nSPS) is 16.1. The van der Waals surface area contributed by atoms with Crippen LogP contribution < -0.4 is 0 Å². The Labute approximate surface area is 120 Å². The van der Waals surface area contributed by atoms with Crippen LogP contribution in [0.25, 0.3) is 15.5 Å². The summed E-state index contributed by atoms with van der Waals surface area (Å²) in [5.74, 6) is 0. The number of hydrogen-bond donors (Lipinski definition) is 0. The number of hydrogen-bond acceptors (Lipinski definition) is 4. The van der Waals surface area contributed by atoms with Crippen molar-refractivity contribution in [1.82, 2.24) is 14.3 Å². The third kappa shape index (κ3) is 1.84. The van der Waals surface area contributed by atoms with Crippen molar-refractivity contribution in [2.24, 2.45) is 0 Å². The first-order valence-electron chi connectivity index (χ1n) is 6.44. The molecule has 0 aliphatic carbocycles. The highest BCUT2D eigenvalue weighted by atomic mass is 32.1. The Morgan fingerprint density at radius 3 is 3.05 bits per heavy atom. The van der Waals surface area contributed by atoms with E-state index >= 15 is 0 Å². The smallest absolute Gasteiger partial charge is 0.194 e. The maximum Gasteiger partial charge on any atom is 0.194 e. The molecular weight excluding hydrogens is 274 g/mol. The molecule has 3 aromatic rings. The summed E-state index contributed by atoms with van der Waals surface area (Å²) in [7, 11) is 2.19. The van der Waals surface area contributed by atoms with Crippen molar-refractivity contribution in [3.05, 3.63) is 33.8 Å². The fourth-order valence-corrected chi connectivity index (χ4v) is 4.70. The van der Waals surface area contributed by atoms with Crippen LogP contribution in [-0.4, -0.2) is 27.9 Å². The summed E-state index contributed by atoms with van der Waals surface area (Å²) in [5.41, 5.74) is 3.90. The van der Waals surface area contributed by atoms with Crippen LogP contribution in [0.5, 0.6) is 0 Å². The van der Waals surface area contributed by atoms with E-state index in [0.29, 0.717) is 0 Å². The summed E-state index contributed by atoms with van der Waals surface area (Å²) in [4.78, 5) is 11.1. The second-order valence-corrected chi connectivity index (χ2v) is 7.20. The average molecular weight is 289 g/mol. The monoisotopic (exact) mass is 289 g/mol. The van der Waals surface area contributed by atoms with Crippen LogP contribution in [0.15, 0.2) is 17.6 Å². The van der Waals surface area contributed by atoms with Crippen LogP contribution in [0.3, 0.4) is 0 Å². The maximum absolute atomic E-state index is 4.80. The molecule has 0 saturated carbocycles. The third-order valence-corrected chi connectivity index (χ3v) is 5.78. The lowest BCUT2D eigenvalue weighted by Crippen LogP contribution is -2.26. The van der Waals surface area contributed by atoms with Crippen molar-refractivity contribution in [3.8, 4) is 10.6 Å². The van der Waals surface area contributed by atoms with Gasteiger partial charge in [0.25, 0.3) is 0 Å². The van der Waals surface area contributed by atoms with E-state index in [1.807, 2.05) is 11.3 Å². The van der Waals surface area contributed by atoms with Crippen molar-refractivity contribution < 1.29 is 0 Å². The van der Waals surface area contributed by atoms with Crippen molar-refractivity contribution in [1.29, 1.82) is 0 Å². The van der Waals surface area contributed by atoms with Crippen molar-refractivity contribution in [2.75, 3.05) is 13.6 Å². The van der Waals surface area contributed by atoms with Gasteiger partial charge in [0.15, 0.2) is 4.96 Å². The molecule has 0 N–H and O–H groups in total. The van der Waals surface area contributed by atoms with Crippen LogP contribution in [0, 0.1) is 6.92 Å². The highest BCUT2D eigenvalue weighted by Gasteiger charge is 2.20. The van der Waals surface area contributed by atoms with Gasteiger partial charge in [-0.05, 0) is 31.0 Å². The molecule has 19 heavy (non-hydrogen) atoms. The fraction of sp³-hybridized carbons (Fsp3) is 0.357. The first kappa shape index (κ1) is 11.6. The number of fused-ring (bicyclic) bond motifs is 3. The standard InChI is InChI=1S/C14H15N3S2/c1-9-5-12(18-8-9)10-6-17-11-3-4-16(2)7-13(11)19-14(17)15-10/h5-6,8H,3-4,7H2,1-2H3. The predicted molar refractivity (Wildman–Crippen MR) is 81.2 cm³/mol. The summed E-state index contributed by atoms with van der Waals surface area (Å²) < 4.78 is 2.30. The van der Waals surface area contributed by atoms with Gasteiger partial charge in [-0.2, -0.15) is 0 Å². The lowest BCUT2D eigenvalue weighted by Gasteiger charge is -2.21. The molecule has 0 amide bonds. The summed E-state index contributed by atoms with van der Waals surface area (Å²) in [6.07, 6.45) is 3.34. The highest BCUT2D eigenvalue weighted by Crippen LogP contribution is 2.32. The zero-order valence-corrected chi connectivity index (χ0v) is 12.6. The minimum absolute atomic E-state index is 1.07. The number of nitrogens with zero attached hydrogens (tertiary/aromatic N) is 3. The number of rotatable bonds is 1. The molecule has 1 aliphatic heterocycles. The van der Waals surface area contributed by atoms with Gasteiger partial charge in [-0.1, -0.05) is 11.3 Å². The minimum atomic E-state index is 1.07. The molecule has 1 aliphatic rings. The Bertz CT molecular complexity index is 750. The molecule has 0 saturated heterocycles. The molecule has 0 atom stereocenters. The van der Waals surface area contributed by atoms with Gasteiger partial charge >= 0.3 is 0 Å². The van der Waals surface area contributed by atoms with Crippen LogP contribution in [0.2, 0.25) is 0 Å². The number of aromatic nitrogens is 2. The number of imidazole rings is 1. The molecule has 4 heterocycles. The Hall–Kier alpha value is -1.17. The van der Waals surface area contributed by atoms with E-state index < -0.39 is 0 Å². The molecule has 3 aromatic heterocycles. The maximum atomic E-state index is 4.80. The van der Waals surface area contributed by atoms with Gasteiger partial charge in [-0.15, -0.1) is 11.3 Å². The molecule has 98 valence electrons. The van der Waals surface area contributed by atoms with Crippen molar-refractivity contribution in [2.45, 2.75) is 19.9 Å². The van der Waals surface area contributed by atoms with Gasteiger partial charge in [-0.25, -0.2) is 4.98 Å². The Balaban J connectivity index is 1.83. The Kier molecular flexibility index (Phi) is 2.55. The van der Waals surface area contributed by atoms with Crippen LogP contribution in [0.4, 0.5) is 0 Å². The number of thiazole rings is 1. The summed E-state index contributed by atoms with van der Waals surface area (Å²) >= 11 is 3.62. The quantitative estimate of drug-likeness (QED) is 0.684. The molecule has 0 bridgehead atoms. The van der Waals surface area contributed by atoms with Gasteiger partial charge in [0.2, 0.25) is 0 Å². The van der Waals surface area contributed by atoms with E-state index in [1.165, 1.54) is 21.0 Å². The minimum Gasteiger partial charge on any atom is -0.301 e. The number of thiophene rings is 1. The van der Waals surface area contributed by atoms with E-state index in [1.54, 1.807) is 11.3 Å². The topological polar surface area (TPSA) is 20.5 Å². The van der Waals surface area contributed by atoms with Crippen LogP contribution in [0.1, 0.15) is 16.1 Å². The zero-order chi connectivity index (χ0) is 13.0. The third-order valence-electron chi connectivity index (χ3n) is 3.63. The lowest BCUT2D eigenvalue weighted by molar-refractivity contribution is 0.314. The molecule has 3 nitrogen and oxygen atoms in total.